The molecular weight excluding hydrogens is 246 g/mol. The van der Waals surface area contributed by atoms with Gasteiger partial charge in [0.1, 0.15) is 0 Å². The van der Waals surface area contributed by atoms with E-state index in [1.165, 1.54) is 38.9 Å². The molecule has 0 aliphatic carbocycles. The Hall–Kier alpha value is -0.120. The van der Waals surface area contributed by atoms with Gasteiger partial charge < -0.3 is 10.2 Å². The van der Waals surface area contributed by atoms with E-state index in [4.69, 9.17) is 0 Å². The lowest BCUT2D eigenvalue weighted by Gasteiger charge is -2.49. The van der Waals surface area contributed by atoms with Gasteiger partial charge in [0.05, 0.1) is 0 Å². The van der Waals surface area contributed by atoms with E-state index in [9.17, 15) is 0 Å². The van der Waals surface area contributed by atoms with Crippen molar-refractivity contribution in [2.75, 3.05) is 33.2 Å². The van der Waals surface area contributed by atoms with Crippen LogP contribution in [0.5, 0.6) is 0 Å². The van der Waals surface area contributed by atoms with Gasteiger partial charge in [0.15, 0.2) is 0 Å². The minimum absolute atomic E-state index is 0.592. The Morgan fingerprint density at radius 1 is 1.10 bits per heavy atom. The fourth-order valence-corrected chi connectivity index (χ4v) is 4.12. The lowest BCUT2D eigenvalue weighted by molar-refractivity contribution is 0.0103. The first kappa shape index (κ1) is 16.3. The number of hydrogen-bond acceptors (Lipinski definition) is 3. The first-order valence-electron chi connectivity index (χ1n) is 8.66. The number of likely N-dealkylation sites (tertiary alicyclic amines) is 2. The molecule has 2 heterocycles. The van der Waals surface area contributed by atoms with E-state index in [-0.39, 0.29) is 0 Å². The summed E-state index contributed by atoms with van der Waals surface area (Å²) in [7, 11) is 2.33. The van der Waals surface area contributed by atoms with Gasteiger partial charge in [0, 0.05) is 37.8 Å². The highest BCUT2D eigenvalue weighted by Crippen LogP contribution is 2.31. The molecule has 1 N–H and O–H groups in total. The largest absolute Gasteiger partial charge is 0.313 e. The molecule has 0 bridgehead atoms. The molecule has 3 heteroatoms. The van der Waals surface area contributed by atoms with E-state index < -0.39 is 0 Å². The van der Waals surface area contributed by atoms with Crippen molar-refractivity contribution in [1.82, 2.24) is 15.1 Å². The molecule has 3 nitrogen and oxygen atoms in total. The Balaban J connectivity index is 1.93. The van der Waals surface area contributed by atoms with E-state index in [0.717, 1.165) is 24.4 Å². The molecule has 2 fully saturated rings. The van der Waals surface area contributed by atoms with Crippen LogP contribution in [0.1, 0.15) is 47.0 Å². The van der Waals surface area contributed by atoms with Crippen LogP contribution in [-0.4, -0.2) is 61.2 Å². The van der Waals surface area contributed by atoms with Gasteiger partial charge in [0.2, 0.25) is 0 Å². The summed E-state index contributed by atoms with van der Waals surface area (Å²) in [4.78, 5) is 5.39. The van der Waals surface area contributed by atoms with Gasteiger partial charge in [-0.2, -0.15) is 0 Å². The Labute approximate surface area is 126 Å². The van der Waals surface area contributed by atoms with Crippen molar-refractivity contribution in [1.29, 1.82) is 0 Å². The fourth-order valence-electron chi connectivity index (χ4n) is 4.12. The number of piperidine rings is 2. The van der Waals surface area contributed by atoms with Crippen molar-refractivity contribution in [2.24, 2.45) is 11.8 Å². The van der Waals surface area contributed by atoms with Crippen molar-refractivity contribution in [3.63, 3.8) is 0 Å². The maximum atomic E-state index is 3.65. The summed E-state index contributed by atoms with van der Waals surface area (Å²) in [6, 6.07) is 2.14. The van der Waals surface area contributed by atoms with Crippen LogP contribution in [0.3, 0.4) is 0 Å². The predicted molar refractivity (Wildman–Crippen MR) is 87.1 cm³/mol. The molecule has 0 aromatic rings. The second-order valence-electron chi connectivity index (χ2n) is 7.61. The van der Waals surface area contributed by atoms with E-state index in [1.54, 1.807) is 0 Å². The standard InChI is InChI=1S/C17H35N3/c1-13(2)17(11-18-14(3)4)20-10-8-16-15(12-20)7-6-9-19(16)5/h13-18H,6-12H2,1-5H3. The van der Waals surface area contributed by atoms with Gasteiger partial charge in [0.25, 0.3) is 0 Å². The predicted octanol–water partition coefficient (Wildman–Crippen LogP) is 2.43. The Kier molecular flexibility index (Phi) is 5.88. The molecule has 2 aliphatic heterocycles. The van der Waals surface area contributed by atoms with Crippen LogP contribution < -0.4 is 5.32 Å². The number of nitrogens with zero attached hydrogens (tertiary/aromatic N) is 2. The highest BCUT2D eigenvalue weighted by Gasteiger charge is 2.36. The van der Waals surface area contributed by atoms with Crippen LogP contribution >= 0.6 is 0 Å². The molecule has 2 saturated heterocycles. The minimum atomic E-state index is 0.592. The topological polar surface area (TPSA) is 18.5 Å². The second-order valence-corrected chi connectivity index (χ2v) is 7.61. The van der Waals surface area contributed by atoms with Crippen LogP contribution in [-0.2, 0) is 0 Å². The van der Waals surface area contributed by atoms with Gasteiger partial charge in [-0.05, 0) is 44.7 Å². The summed E-state index contributed by atoms with van der Waals surface area (Å²) in [6.07, 6.45) is 4.20. The third-order valence-electron chi connectivity index (χ3n) is 5.35. The third kappa shape index (κ3) is 3.96. The van der Waals surface area contributed by atoms with Gasteiger partial charge in [-0.15, -0.1) is 0 Å². The van der Waals surface area contributed by atoms with Crippen LogP contribution in [0.2, 0.25) is 0 Å². The van der Waals surface area contributed by atoms with E-state index in [1.807, 2.05) is 0 Å². The van der Waals surface area contributed by atoms with E-state index in [2.05, 4.69) is 49.9 Å². The Bertz CT molecular complexity index is 290. The fraction of sp³-hybridized carbons (Fsp3) is 1.00. The minimum Gasteiger partial charge on any atom is -0.313 e. The third-order valence-corrected chi connectivity index (χ3v) is 5.35. The Morgan fingerprint density at radius 3 is 2.50 bits per heavy atom. The second kappa shape index (κ2) is 7.24. The summed E-state index contributed by atoms with van der Waals surface area (Å²) in [5, 5.41) is 3.65. The smallest absolute Gasteiger partial charge is 0.0243 e. The van der Waals surface area contributed by atoms with Crippen molar-refractivity contribution < 1.29 is 0 Å². The van der Waals surface area contributed by atoms with Gasteiger partial charge in [-0.3, -0.25) is 4.90 Å². The van der Waals surface area contributed by atoms with Crippen molar-refractivity contribution in [2.45, 2.75) is 65.1 Å². The molecule has 0 radical (unpaired) electrons. The Morgan fingerprint density at radius 2 is 1.85 bits per heavy atom. The lowest BCUT2D eigenvalue weighted by atomic mass is 9.83. The first-order valence-corrected chi connectivity index (χ1v) is 8.66. The highest BCUT2D eigenvalue weighted by molar-refractivity contribution is 4.92. The zero-order valence-corrected chi connectivity index (χ0v) is 14.2. The molecule has 2 rings (SSSR count). The molecule has 118 valence electrons. The molecular formula is C17H35N3. The maximum absolute atomic E-state index is 3.65. The van der Waals surface area contributed by atoms with Gasteiger partial charge >= 0.3 is 0 Å². The average Bonchev–Trinajstić information content (AvgIpc) is 2.38. The average molecular weight is 281 g/mol. The summed E-state index contributed by atoms with van der Waals surface area (Å²) >= 11 is 0. The zero-order valence-electron chi connectivity index (χ0n) is 14.2. The van der Waals surface area contributed by atoms with E-state index >= 15 is 0 Å². The van der Waals surface area contributed by atoms with Gasteiger partial charge in [-0.1, -0.05) is 27.7 Å². The maximum Gasteiger partial charge on any atom is 0.0243 e. The first-order chi connectivity index (χ1) is 9.49. The van der Waals surface area contributed by atoms with Crippen LogP contribution in [0.4, 0.5) is 0 Å². The van der Waals surface area contributed by atoms with Crippen LogP contribution in [0, 0.1) is 11.8 Å². The van der Waals surface area contributed by atoms with E-state index in [0.29, 0.717) is 12.1 Å². The molecule has 2 aliphatic rings. The summed E-state index contributed by atoms with van der Waals surface area (Å²) < 4.78 is 0. The number of rotatable bonds is 5. The van der Waals surface area contributed by atoms with Crippen molar-refractivity contribution >= 4 is 0 Å². The van der Waals surface area contributed by atoms with Crippen LogP contribution in [0.15, 0.2) is 0 Å². The molecule has 0 spiro atoms. The lowest BCUT2D eigenvalue weighted by Crippen LogP contribution is -2.57. The van der Waals surface area contributed by atoms with Crippen molar-refractivity contribution in [3.05, 3.63) is 0 Å². The molecule has 0 amide bonds. The molecule has 3 atom stereocenters. The number of fused-ring (bicyclic) bond motifs is 1. The molecule has 0 saturated carbocycles. The zero-order chi connectivity index (χ0) is 14.7. The quantitative estimate of drug-likeness (QED) is 0.835. The van der Waals surface area contributed by atoms with Crippen molar-refractivity contribution in [3.8, 4) is 0 Å². The highest BCUT2D eigenvalue weighted by atomic mass is 15.2. The van der Waals surface area contributed by atoms with Gasteiger partial charge in [-0.25, -0.2) is 0 Å². The molecule has 0 aromatic heterocycles. The SMILES string of the molecule is CC(C)NCC(C(C)C)N1CCC2C(CCCN2C)C1. The molecule has 0 aromatic carbocycles. The monoisotopic (exact) mass is 281 g/mol. The summed E-state index contributed by atoms with van der Waals surface area (Å²) in [6.45, 7) is 14.3. The van der Waals surface area contributed by atoms with Crippen LogP contribution in [0.25, 0.3) is 0 Å². The number of hydrogen-bond donors (Lipinski definition) is 1. The summed E-state index contributed by atoms with van der Waals surface area (Å²) in [5.41, 5.74) is 0. The molecule has 20 heavy (non-hydrogen) atoms. The summed E-state index contributed by atoms with van der Waals surface area (Å²) in [5.74, 6) is 1.64. The normalized spacial score (nSPS) is 30.8. The number of nitrogens with one attached hydrogen (secondary N) is 1. The molecule has 3 unspecified atom stereocenters.